The summed E-state index contributed by atoms with van der Waals surface area (Å²) in [6.07, 6.45) is 3.44. The van der Waals surface area contributed by atoms with Gasteiger partial charge in [0.05, 0.1) is 24.4 Å². The molecule has 8 nitrogen and oxygen atoms in total. The Labute approximate surface area is 207 Å². The van der Waals surface area contributed by atoms with Crippen LogP contribution in [0.25, 0.3) is 27.6 Å². The summed E-state index contributed by atoms with van der Waals surface area (Å²) in [7, 11) is 1.69. The summed E-state index contributed by atoms with van der Waals surface area (Å²) in [5.41, 5.74) is 3.73. The number of piperazine rings is 1. The lowest BCUT2D eigenvalue weighted by atomic mass is 10.1. The van der Waals surface area contributed by atoms with Crippen molar-refractivity contribution in [1.82, 2.24) is 24.7 Å². The molecule has 0 spiro atoms. The predicted molar refractivity (Wildman–Crippen MR) is 139 cm³/mol. The number of hydrogen-bond acceptors (Lipinski definition) is 7. The molecular weight excluding hydrogens is 462 g/mol. The number of nitrogens with zero attached hydrogens (tertiary/aromatic N) is 7. The topological polar surface area (TPSA) is 72.2 Å². The van der Waals surface area contributed by atoms with E-state index in [1.165, 1.54) is 5.56 Å². The molecule has 5 aromatic rings. The van der Waals surface area contributed by atoms with Crippen LogP contribution < -0.4 is 14.5 Å². The predicted octanol–water partition coefficient (Wildman–Crippen LogP) is 4.66. The van der Waals surface area contributed by atoms with Crippen molar-refractivity contribution < 1.29 is 4.74 Å². The van der Waals surface area contributed by atoms with Crippen molar-refractivity contribution in [2.75, 3.05) is 43.1 Å². The molecular formula is C26H24ClN7O. The van der Waals surface area contributed by atoms with Crippen molar-refractivity contribution in [3.8, 4) is 11.4 Å². The van der Waals surface area contributed by atoms with Crippen LogP contribution in [0.3, 0.4) is 0 Å². The molecule has 0 unspecified atom stereocenters. The highest BCUT2D eigenvalue weighted by Gasteiger charge is 2.23. The van der Waals surface area contributed by atoms with Crippen molar-refractivity contribution >= 4 is 45.2 Å². The van der Waals surface area contributed by atoms with E-state index in [0.717, 1.165) is 71.2 Å². The highest BCUT2D eigenvalue weighted by Crippen LogP contribution is 2.31. The van der Waals surface area contributed by atoms with Gasteiger partial charge in [-0.3, -0.25) is 0 Å². The number of hydrogen-bond donors (Lipinski definition) is 0. The first-order chi connectivity index (χ1) is 17.1. The molecule has 176 valence electrons. The number of para-hydroxylation sites is 1. The van der Waals surface area contributed by atoms with Gasteiger partial charge in [0.15, 0.2) is 5.65 Å². The summed E-state index contributed by atoms with van der Waals surface area (Å²) < 4.78 is 7.37. The molecule has 0 amide bonds. The van der Waals surface area contributed by atoms with E-state index in [9.17, 15) is 0 Å². The van der Waals surface area contributed by atoms with Gasteiger partial charge < -0.3 is 14.5 Å². The zero-order valence-corrected chi connectivity index (χ0v) is 20.3. The van der Waals surface area contributed by atoms with E-state index in [1.807, 2.05) is 42.6 Å². The third-order valence-electron chi connectivity index (χ3n) is 6.52. The van der Waals surface area contributed by atoms with Crippen LogP contribution in [0.1, 0.15) is 5.56 Å². The van der Waals surface area contributed by atoms with Gasteiger partial charge in [-0.05, 0) is 42.8 Å². The highest BCUT2D eigenvalue weighted by molar-refractivity contribution is 6.30. The maximum atomic E-state index is 6.19. The Morgan fingerprint density at radius 1 is 0.914 bits per heavy atom. The van der Waals surface area contributed by atoms with Crippen LogP contribution in [0.2, 0.25) is 5.02 Å². The van der Waals surface area contributed by atoms with Crippen molar-refractivity contribution in [1.29, 1.82) is 0 Å². The summed E-state index contributed by atoms with van der Waals surface area (Å²) >= 11 is 6.19. The molecule has 4 heterocycles. The van der Waals surface area contributed by atoms with Crippen molar-refractivity contribution in [3.05, 3.63) is 71.6 Å². The fourth-order valence-corrected chi connectivity index (χ4v) is 4.91. The zero-order valence-electron chi connectivity index (χ0n) is 19.5. The van der Waals surface area contributed by atoms with Crippen molar-refractivity contribution in [3.63, 3.8) is 0 Å². The number of methoxy groups -OCH3 is 1. The first kappa shape index (κ1) is 21.6. The Morgan fingerprint density at radius 2 is 1.71 bits per heavy atom. The Bertz CT molecular complexity index is 1540. The Morgan fingerprint density at radius 3 is 2.51 bits per heavy atom. The van der Waals surface area contributed by atoms with Gasteiger partial charge in [-0.1, -0.05) is 29.8 Å². The van der Waals surface area contributed by atoms with E-state index in [4.69, 9.17) is 21.3 Å². The first-order valence-corrected chi connectivity index (χ1v) is 11.9. The van der Waals surface area contributed by atoms with E-state index < -0.39 is 0 Å². The van der Waals surface area contributed by atoms with Crippen LogP contribution in [0.15, 0.2) is 61.1 Å². The summed E-state index contributed by atoms with van der Waals surface area (Å²) in [4.78, 5) is 18.7. The van der Waals surface area contributed by atoms with Crippen LogP contribution in [0.5, 0.6) is 5.75 Å². The monoisotopic (exact) mass is 485 g/mol. The number of pyridine rings is 1. The van der Waals surface area contributed by atoms with Gasteiger partial charge in [0, 0.05) is 36.6 Å². The largest absolute Gasteiger partial charge is 0.494 e. The summed E-state index contributed by atoms with van der Waals surface area (Å²) in [6.45, 7) is 5.43. The minimum atomic E-state index is 0.659. The van der Waals surface area contributed by atoms with Gasteiger partial charge in [0.2, 0.25) is 0 Å². The standard InChI is InChI=1S/C26H24ClN7O/c1-17-13-23(31-24-20(17)7-4-8-22(24)35-2)32-9-11-33(12-10-32)25-21-15-30-34(26(21)29-16-28-25)19-6-3-5-18(27)14-19/h3-8,13-16H,9-12H2,1-2H3. The summed E-state index contributed by atoms with van der Waals surface area (Å²) in [5, 5.41) is 7.27. The number of fused-ring (bicyclic) bond motifs is 2. The van der Waals surface area contributed by atoms with Crippen molar-refractivity contribution in [2.45, 2.75) is 6.92 Å². The molecule has 0 saturated carbocycles. The molecule has 1 aliphatic rings. The normalized spacial score (nSPS) is 14.1. The van der Waals surface area contributed by atoms with E-state index in [0.29, 0.717) is 5.02 Å². The lowest BCUT2D eigenvalue weighted by Gasteiger charge is -2.36. The number of ether oxygens (including phenoxy) is 1. The molecule has 0 N–H and O–H groups in total. The molecule has 2 aromatic carbocycles. The van der Waals surface area contributed by atoms with Gasteiger partial charge in [-0.15, -0.1) is 0 Å². The number of rotatable bonds is 4. The number of benzene rings is 2. The second-order valence-corrected chi connectivity index (χ2v) is 9.04. The number of anilines is 2. The minimum absolute atomic E-state index is 0.659. The molecule has 0 radical (unpaired) electrons. The molecule has 1 fully saturated rings. The molecule has 6 rings (SSSR count). The van der Waals surface area contributed by atoms with E-state index in [2.05, 4.69) is 43.9 Å². The van der Waals surface area contributed by atoms with Crippen LogP contribution in [0, 0.1) is 6.92 Å². The maximum absolute atomic E-state index is 6.19. The second-order valence-electron chi connectivity index (χ2n) is 8.60. The average molecular weight is 486 g/mol. The molecule has 1 saturated heterocycles. The maximum Gasteiger partial charge on any atom is 0.168 e. The molecule has 0 atom stereocenters. The summed E-state index contributed by atoms with van der Waals surface area (Å²) in [6, 6.07) is 15.8. The second kappa shape index (κ2) is 8.70. The zero-order chi connectivity index (χ0) is 23.9. The first-order valence-electron chi connectivity index (χ1n) is 11.5. The Hall–Kier alpha value is -3.91. The number of aromatic nitrogens is 5. The fraction of sp³-hybridized carbons (Fsp3) is 0.231. The molecule has 0 bridgehead atoms. The molecule has 9 heteroatoms. The highest BCUT2D eigenvalue weighted by atomic mass is 35.5. The number of halogens is 1. The van der Waals surface area contributed by atoms with Gasteiger partial charge in [0.25, 0.3) is 0 Å². The molecule has 0 aliphatic carbocycles. The summed E-state index contributed by atoms with van der Waals surface area (Å²) in [5.74, 6) is 2.67. The van der Waals surface area contributed by atoms with Gasteiger partial charge >= 0.3 is 0 Å². The Balaban J connectivity index is 1.27. The molecule has 1 aliphatic heterocycles. The van der Waals surface area contributed by atoms with E-state index in [-0.39, 0.29) is 0 Å². The average Bonchev–Trinajstić information content (AvgIpc) is 3.33. The minimum Gasteiger partial charge on any atom is -0.494 e. The molecule has 35 heavy (non-hydrogen) atoms. The van der Waals surface area contributed by atoms with E-state index >= 15 is 0 Å². The Kier molecular flexibility index (Phi) is 5.37. The quantitative estimate of drug-likeness (QED) is 0.366. The van der Waals surface area contributed by atoms with Crippen LogP contribution >= 0.6 is 11.6 Å². The third-order valence-corrected chi connectivity index (χ3v) is 6.75. The SMILES string of the molecule is COc1cccc2c(C)cc(N3CCN(c4ncnc5c4cnn5-c4cccc(Cl)c4)CC3)nc12. The smallest absolute Gasteiger partial charge is 0.168 e. The van der Waals surface area contributed by atoms with Crippen LogP contribution in [-0.4, -0.2) is 58.0 Å². The van der Waals surface area contributed by atoms with Gasteiger partial charge in [-0.2, -0.15) is 5.10 Å². The lowest BCUT2D eigenvalue weighted by Crippen LogP contribution is -2.47. The van der Waals surface area contributed by atoms with Gasteiger partial charge in [-0.25, -0.2) is 19.6 Å². The van der Waals surface area contributed by atoms with Crippen LogP contribution in [0.4, 0.5) is 11.6 Å². The lowest BCUT2D eigenvalue weighted by molar-refractivity contribution is 0.419. The number of aryl methyl sites for hydroxylation is 1. The third kappa shape index (κ3) is 3.80. The van der Waals surface area contributed by atoms with Crippen LogP contribution in [-0.2, 0) is 0 Å². The van der Waals surface area contributed by atoms with Gasteiger partial charge in [0.1, 0.15) is 29.2 Å². The van der Waals surface area contributed by atoms with E-state index in [1.54, 1.807) is 18.1 Å². The fourth-order valence-electron chi connectivity index (χ4n) is 4.73. The molecule has 3 aromatic heterocycles. The van der Waals surface area contributed by atoms with Crippen molar-refractivity contribution in [2.24, 2.45) is 0 Å².